The van der Waals surface area contributed by atoms with Gasteiger partial charge in [-0.3, -0.25) is 4.79 Å². The Hall–Kier alpha value is -0.840. The van der Waals surface area contributed by atoms with Crippen LogP contribution in [0, 0.1) is 0 Å². The molecular formula is C9H8Cl2N2O2. The number of rotatable bonds is 2. The number of nitrogens with one attached hydrogen (secondary N) is 1. The fourth-order valence-electron chi connectivity index (χ4n) is 1.18. The summed E-state index contributed by atoms with van der Waals surface area (Å²) in [6.07, 6.45) is 0. The minimum absolute atomic E-state index is 0.0863. The molecule has 80 valence electrons. The topological polar surface area (TPSA) is 51.2 Å². The molecule has 0 atom stereocenters. The van der Waals surface area contributed by atoms with Crippen molar-refractivity contribution >= 4 is 29.1 Å². The Morgan fingerprint density at radius 1 is 1.40 bits per heavy atom. The number of pyridine rings is 1. The second kappa shape index (κ2) is 4.35. The molecule has 1 aliphatic rings. The molecule has 1 aromatic rings. The lowest BCUT2D eigenvalue weighted by Crippen LogP contribution is -2.48. The van der Waals surface area contributed by atoms with Gasteiger partial charge in [-0.1, -0.05) is 23.2 Å². The standard InChI is InChI=1S/C9H8Cl2N2O2/c10-7-1-5(2-8(11)13-7)9(14)12-6-3-15-4-6/h1-2,6H,3-4H2,(H,12,14). The Balaban J connectivity index is 2.10. The third-order valence-electron chi connectivity index (χ3n) is 2.00. The molecule has 0 unspecified atom stereocenters. The van der Waals surface area contributed by atoms with Crippen LogP contribution in [0.1, 0.15) is 10.4 Å². The number of carbonyl (C=O) groups is 1. The Morgan fingerprint density at radius 3 is 2.47 bits per heavy atom. The van der Waals surface area contributed by atoms with E-state index in [2.05, 4.69) is 10.3 Å². The minimum atomic E-state index is -0.213. The van der Waals surface area contributed by atoms with Crippen LogP contribution in [0.4, 0.5) is 0 Å². The van der Waals surface area contributed by atoms with E-state index in [4.69, 9.17) is 27.9 Å². The number of halogens is 2. The lowest BCUT2D eigenvalue weighted by Gasteiger charge is -2.26. The first-order valence-electron chi connectivity index (χ1n) is 4.37. The van der Waals surface area contributed by atoms with Crippen LogP contribution in [-0.2, 0) is 4.74 Å². The lowest BCUT2D eigenvalue weighted by atomic mass is 10.2. The molecule has 0 spiro atoms. The van der Waals surface area contributed by atoms with Gasteiger partial charge in [-0.05, 0) is 12.1 Å². The molecule has 1 saturated heterocycles. The van der Waals surface area contributed by atoms with Crippen molar-refractivity contribution in [2.75, 3.05) is 13.2 Å². The van der Waals surface area contributed by atoms with Crippen molar-refractivity contribution in [3.63, 3.8) is 0 Å². The molecule has 6 heteroatoms. The highest BCUT2D eigenvalue weighted by Crippen LogP contribution is 2.15. The van der Waals surface area contributed by atoms with E-state index in [1.165, 1.54) is 12.1 Å². The van der Waals surface area contributed by atoms with Gasteiger partial charge in [-0.25, -0.2) is 4.98 Å². The predicted molar refractivity (Wildman–Crippen MR) is 56.3 cm³/mol. The van der Waals surface area contributed by atoms with Crippen LogP contribution in [0.25, 0.3) is 0 Å². The number of hydrogen-bond donors (Lipinski definition) is 1. The maximum absolute atomic E-state index is 11.6. The van der Waals surface area contributed by atoms with E-state index in [1.807, 2.05) is 0 Å². The maximum Gasteiger partial charge on any atom is 0.251 e. The predicted octanol–water partition coefficient (Wildman–Crippen LogP) is 1.52. The van der Waals surface area contributed by atoms with Crippen LogP contribution in [0.2, 0.25) is 10.3 Å². The van der Waals surface area contributed by atoms with Gasteiger partial charge in [0.1, 0.15) is 10.3 Å². The highest BCUT2D eigenvalue weighted by atomic mass is 35.5. The van der Waals surface area contributed by atoms with E-state index >= 15 is 0 Å². The highest BCUT2D eigenvalue weighted by Gasteiger charge is 2.21. The van der Waals surface area contributed by atoms with Crippen LogP contribution in [-0.4, -0.2) is 30.1 Å². The summed E-state index contributed by atoms with van der Waals surface area (Å²) in [5.41, 5.74) is 0.409. The number of hydrogen-bond acceptors (Lipinski definition) is 3. The monoisotopic (exact) mass is 246 g/mol. The third kappa shape index (κ3) is 2.59. The fraction of sp³-hybridized carbons (Fsp3) is 0.333. The Labute approximate surface area is 96.5 Å². The van der Waals surface area contributed by atoms with Gasteiger partial charge in [0.2, 0.25) is 0 Å². The number of aromatic nitrogens is 1. The molecule has 2 rings (SSSR count). The summed E-state index contributed by atoms with van der Waals surface area (Å²) >= 11 is 11.4. The lowest BCUT2D eigenvalue weighted by molar-refractivity contribution is -0.00346. The van der Waals surface area contributed by atoms with Crippen molar-refractivity contribution in [3.05, 3.63) is 28.0 Å². The zero-order chi connectivity index (χ0) is 10.8. The number of carbonyl (C=O) groups excluding carboxylic acids is 1. The van der Waals surface area contributed by atoms with Crippen molar-refractivity contribution in [2.45, 2.75) is 6.04 Å². The quantitative estimate of drug-likeness (QED) is 0.806. The van der Waals surface area contributed by atoms with E-state index in [-0.39, 0.29) is 22.3 Å². The first-order valence-corrected chi connectivity index (χ1v) is 5.12. The summed E-state index contributed by atoms with van der Waals surface area (Å²) in [5.74, 6) is -0.213. The van der Waals surface area contributed by atoms with Crippen molar-refractivity contribution in [1.29, 1.82) is 0 Å². The largest absolute Gasteiger partial charge is 0.377 e. The summed E-state index contributed by atoms with van der Waals surface area (Å²) in [6, 6.07) is 3.04. The zero-order valence-corrected chi connectivity index (χ0v) is 9.18. The molecule has 1 fully saturated rings. The molecule has 0 saturated carbocycles. The van der Waals surface area contributed by atoms with Gasteiger partial charge in [0.15, 0.2) is 0 Å². The summed E-state index contributed by atoms with van der Waals surface area (Å²) in [6.45, 7) is 1.11. The SMILES string of the molecule is O=C(NC1COC1)c1cc(Cl)nc(Cl)c1. The first-order chi connectivity index (χ1) is 7.15. The molecule has 1 amide bonds. The normalized spacial score (nSPS) is 15.9. The Bertz CT molecular complexity index is 373. The van der Waals surface area contributed by atoms with Crippen molar-refractivity contribution in [2.24, 2.45) is 0 Å². The molecule has 0 aliphatic carbocycles. The summed E-state index contributed by atoms with van der Waals surface area (Å²) in [5, 5.41) is 3.19. The van der Waals surface area contributed by atoms with E-state index in [9.17, 15) is 4.79 Å². The van der Waals surface area contributed by atoms with Crippen molar-refractivity contribution < 1.29 is 9.53 Å². The van der Waals surface area contributed by atoms with Crippen LogP contribution >= 0.6 is 23.2 Å². The molecule has 1 aromatic heterocycles. The van der Waals surface area contributed by atoms with Gasteiger partial charge in [0.05, 0.1) is 19.3 Å². The van der Waals surface area contributed by atoms with Gasteiger partial charge in [-0.15, -0.1) is 0 Å². The maximum atomic E-state index is 11.6. The Kier molecular flexibility index (Phi) is 3.09. The van der Waals surface area contributed by atoms with Crippen molar-refractivity contribution in [3.8, 4) is 0 Å². The molecule has 1 aliphatic heterocycles. The van der Waals surface area contributed by atoms with Crippen LogP contribution < -0.4 is 5.32 Å². The van der Waals surface area contributed by atoms with Crippen LogP contribution in [0.15, 0.2) is 12.1 Å². The van der Waals surface area contributed by atoms with Crippen molar-refractivity contribution in [1.82, 2.24) is 10.3 Å². The minimum Gasteiger partial charge on any atom is -0.377 e. The van der Waals surface area contributed by atoms with Crippen LogP contribution in [0.3, 0.4) is 0 Å². The average molecular weight is 247 g/mol. The highest BCUT2D eigenvalue weighted by molar-refractivity contribution is 6.33. The third-order valence-corrected chi connectivity index (χ3v) is 2.39. The molecular weight excluding hydrogens is 239 g/mol. The second-order valence-electron chi connectivity index (χ2n) is 3.21. The van der Waals surface area contributed by atoms with E-state index in [0.29, 0.717) is 18.8 Å². The van der Waals surface area contributed by atoms with E-state index in [1.54, 1.807) is 0 Å². The van der Waals surface area contributed by atoms with Crippen LogP contribution in [0.5, 0.6) is 0 Å². The number of amides is 1. The molecule has 4 nitrogen and oxygen atoms in total. The molecule has 15 heavy (non-hydrogen) atoms. The van der Waals surface area contributed by atoms with Gasteiger partial charge < -0.3 is 10.1 Å². The molecule has 0 radical (unpaired) electrons. The summed E-state index contributed by atoms with van der Waals surface area (Å²) in [4.78, 5) is 15.4. The van der Waals surface area contributed by atoms with Gasteiger partial charge in [0, 0.05) is 5.56 Å². The Morgan fingerprint density at radius 2 is 2.00 bits per heavy atom. The zero-order valence-electron chi connectivity index (χ0n) is 7.67. The smallest absolute Gasteiger partial charge is 0.251 e. The molecule has 0 bridgehead atoms. The van der Waals surface area contributed by atoms with E-state index < -0.39 is 0 Å². The second-order valence-corrected chi connectivity index (χ2v) is 3.98. The number of nitrogens with zero attached hydrogens (tertiary/aromatic N) is 1. The van der Waals surface area contributed by atoms with Gasteiger partial charge in [0.25, 0.3) is 5.91 Å². The van der Waals surface area contributed by atoms with Gasteiger partial charge in [-0.2, -0.15) is 0 Å². The molecule has 1 N–H and O–H groups in total. The first kappa shape index (κ1) is 10.7. The fourth-order valence-corrected chi connectivity index (χ4v) is 1.64. The average Bonchev–Trinajstić information content (AvgIpc) is 2.09. The summed E-state index contributed by atoms with van der Waals surface area (Å²) in [7, 11) is 0. The van der Waals surface area contributed by atoms with Gasteiger partial charge >= 0.3 is 0 Å². The van der Waals surface area contributed by atoms with E-state index in [0.717, 1.165) is 0 Å². The molecule has 0 aromatic carbocycles. The number of ether oxygens (including phenoxy) is 1. The summed E-state index contributed by atoms with van der Waals surface area (Å²) < 4.78 is 4.94. The molecule has 2 heterocycles.